The predicted octanol–water partition coefficient (Wildman–Crippen LogP) is 0.825. The number of aromatic nitrogens is 2. The Kier molecular flexibility index (Phi) is 2.51. The van der Waals surface area contributed by atoms with Gasteiger partial charge in [0.15, 0.2) is 0 Å². The first-order valence-electron chi connectivity index (χ1n) is 4.65. The molecule has 4 N–H and O–H groups in total. The molecule has 0 atom stereocenters. The molecule has 0 saturated carbocycles. The lowest BCUT2D eigenvalue weighted by molar-refractivity contribution is 0.100. The molecule has 0 aliphatic carbocycles. The standard InChI is InChI=1S/C11H10N4O/c12-10(16)8-3-1-7(2-4-8)9-5-6-14-11(13)15-9/h1-6H,(H2,12,16)(H2,13,14,15). The third-order valence-electron chi connectivity index (χ3n) is 2.14. The van der Waals surface area contributed by atoms with Crippen molar-refractivity contribution in [1.82, 2.24) is 9.97 Å². The average molecular weight is 214 g/mol. The summed E-state index contributed by atoms with van der Waals surface area (Å²) in [5.74, 6) is -0.231. The fraction of sp³-hybridized carbons (Fsp3) is 0. The van der Waals surface area contributed by atoms with Crippen molar-refractivity contribution in [2.45, 2.75) is 0 Å². The molecule has 0 spiro atoms. The minimum atomic E-state index is -0.450. The first kappa shape index (κ1) is 10.1. The van der Waals surface area contributed by atoms with E-state index in [9.17, 15) is 4.79 Å². The Morgan fingerprint density at radius 2 is 1.81 bits per heavy atom. The first-order chi connectivity index (χ1) is 7.66. The summed E-state index contributed by atoms with van der Waals surface area (Å²) in [6.07, 6.45) is 1.58. The van der Waals surface area contributed by atoms with Gasteiger partial charge in [0.2, 0.25) is 11.9 Å². The summed E-state index contributed by atoms with van der Waals surface area (Å²) >= 11 is 0. The van der Waals surface area contributed by atoms with Crippen LogP contribution < -0.4 is 11.5 Å². The van der Waals surface area contributed by atoms with Gasteiger partial charge in [-0.1, -0.05) is 12.1 Å². The van der Waals surface area contributed by atoms with Crippen LogP contribution in [0.2, 0.25) is 0 Å². The number of anilines is 1. The number of hydrogen-bond donors (Lipinski definition) is 2. The minimum Gasteiger partial charge on any atom is -0.368 e. The summed E-state index contributed by atoms with van der Waals surface area (Å²) in [5.41, 5.74) is 12.7. The summed E-state index contributed by atoms with van der Waals surface area (Å²) in [7, 11) is 0. The second-order valence-electron chi connectivity index (χ2n) is 3.24. The van der Waals surface area contributed by atoms with E-state index in [2.05, 4.69) is 9.97 Å². The second-order valence-corrected chi connectivity index (χ2v) is 3.24. The molecule has 0 aliphatic rings. The highest BCUT2D eigenvalue weighted by Crippen LogP contribution is 2.17. The van der Waals surface area contributed by atoms with Crippen molar-refractivity contribution >= 4 is 11.9 Å². The van der Waals surface area contributed by atoms with Crippen molar-refractivity contribution in [3.63, 3.8) is 0 Å². The van der Waals surface area contributed by atoms with E-state index < -0.39 is 5.91 Å². The lowest BCUT2D eigenvalue weighted by Gasteiger charge is -2.01. The highest BCUT2D eigenvalue weighted by Gasteiger charge is 2.02. The Hall–Kier alpha value is -2.43. The van der Waals surface area contributed by atoms with Gasteiger partial charge in [0.05, 0.1) is 5.69 Å². The summed E-state index contributed by atoms with van der Waals surface area (Å²) in [5, 5.41) is 0. The summed E-state index contributed by atoms with van der Waals surface area (Å²) in [6.45, 7) is 0. The van der Waals surface area contributed by atoms with E-state index in [1.807, 2.05) is 0 Å². The predicted molar refractivity (Wildman–Crippen MR) is 60.4 cm³/mol. The van der Waals surface area contributed by atoms with Crippen LogP contribution in [0.4, 0.5) is 5.95 Å². The van der Waals surface area contributed by atoms with Crippen molar-refractivity contribution in [3.05, 3.63) is 42.1 Å². The number of primary amides is 1. The first-order valence-corrected chi connectivity index (χ1v) is 4.65. The number of carbonyl (C=O) groups excluding carboxylic acids is 1. The van der Waals surface area contributed by atoms with Crippen molar-refractivity contribution in [2.75, 3.05) is 5.73 Å². The number of nitrogen functional groups attached to an aromatic ring is 1. The molecule has 0 aliphatic heterocycles. The van der Waals surface area contributed by atoms with Gasteiger partial charge in [0, 0.05) is 17.3 Å². The van der Waals surface area contributed by atoms with E-state index in [-0.39, 0.29) is 5.95 Å². The number of hydrogen-bond acceptors (Lipinski definition) is 4. The monoisotopic (exact) mass is 214 g/mol. The van der Waals surface area contributed by atoms with E-state index in [1.54, 1.807) is 36.5 Å². The zero-order valence-corrected chi connectivity index (χ0v) is 8.42. The van der Waals surface area contributed by atoms with Crippen LogP contribution in [-0.4, -0.2) is 15.9 Å². The Morgan fingerprint density at radius 3 is 2.38 bits per heavy atom. The molecule has 5 nitrogen and oxygen atoms in total. The van der Waals surface area contributed by atoms with E-state index in [4.69, 9.17) is 11.5 Å². The Morgan fingerprint density at radius 1 is 1.12 bits per heavy atom. The maximum atomic E-state index is 10.9. The molecule has 1 aromatic carbocycles. The molecule has 1 amide bonds. The van der Waals surface area contributed by atoms with Crippen molar-refractivity contribution in [1.29, 1.82) is 0 Å². The van der Waals surface area contributed by atoms with Crippen molar-refractivity contribution < 1.29 is 4.79 Å². The molecular formula is C11H10N4O. The highest BCUT2D eigenvalue weighted by atomic mass is 16.1. The lowest BCUT2D eigenvalue weighted by Crippen LogP contribution is -2.10. The van der Waals surface area contributed by atoms with Crippen LogP contribution in [0.15, 0.2) is 36.5 Å². The van der Waals surface area contributed by atoms with Gasteiger partial charge < -0.3 is 11.5 Å². The number of amides is 1. The number of nitrogens with two attached hydrogens (primary N) is 2. The summed E-state index contributed by atoms with van der Waals surface area (Å²) in [4.78, 5) is 18.8. The fourth-order valence-electron chi connectivity index (χ4n) is 1.34. The molecule has 16 heavy (non-hydrogen) atoms. The molecule has 2 aromatic rings. The van der Waals surface area contributed by atoms with E-state index in [0.29, 0.717) is 11.3 Å². The normalized spacial score (nSPS) is 10.0. The van der Waals surface area contributed by atoms with Gasteiger partial charge in [0.25, 0.3) is 0 Å². The zero-order valence-electron chi connectivity index (χ0n) is 8.42. The molecule has 1 heterocycles. The third-order valence-corrected chi connectivity index (χ3v) is 2.14. The largest absolute Gasteiger partial charge is 0.368 e. The van der Waals surface area contributed by atoms with Crippen LogP contribution in [0.25, 0.3) is 11.3 Å². The highest BCUT2D eigenvalue weighted by molar-refractivity contribution is 5.93. The van der Waals surface area contributed by atoms with Crippen LogP contribution in [0.5, 0.6) is 0 Å². The Bertz CT molecular complexity index is 522. The van der Waals surface area contributed by atoms with Gasteiger partial charge in [-0.3, -0.25) is 4.79 Å². The van der Waals surface area contributed by atoms with Crippen LogP contribution in [0.3, 0.4) is 0 Å². The van der Waals surface area contributed by atoms with E-state index in [1.165, 1.54) is 0 Å². The summed E-state index contributed by atoms with van der Waals surface area (Å²) < 4.78 is 0. The molecule has 0 bridgehead atoms. The molecule has 0 radical (unpaired) electrons. The second kappa shape index (κ2) is 3.98. The minimum absolute atomic E-state index is 0.219. The van der Waals surface area contributed by atoms with Gasteiger partial charge in [-0.05, 0) is 18.2 Å². The lowest BCUT2D eigenvalue weighted by atomic mass is 10.1. The van der Waals surface area contributed by atoms with Gasteiger partial charge >= 0.3 is 0 Å². The average Bonchev–Trinajstić information content (AvgIpc) is 2.29. The molecular weight excluding hydrogens is 204 g/mol. The van der Waals surface area contributed by atoms with Crippen LogP contribution in [0, 0.1) is 0 Å². The maximum absolute atomic E-state index is 10.9. The van der Waals surface area contributed by atoms with Crippen LogP contribution in [-0.2, 0) is 0 Å². The molecule has 0 saturated heterocycles. The molecule has 2 rings (SSSR count). The zero-order chi connectivity index (χ0) is 11.5. The Balaban J connectivity index is 2.38. The molecule has 80 valence electrons. The third kappa shape index (κ3) is 1.98. The smallest absolute Gasteiger partial charge is 0.248 e. The summed E-state index contributed by atoms with van der Waals surface area (Å²) in [6, 6.07) is 8.57. The molecule has 1 aromatic heterocycles. The number of carbonyl (C=O) groups is 1. The van der Waals surface area contributed by atoms with Gasteiger partial charge in [-0.2, -0.15) is 0 Å². The van der Waals surface area contributed by atoms with Gasteiger partial charge in [0.1, 0.15) is 0 Å². The quantitative estimate of drug-likeness (QED) is 0.773. The molecule has 0 fully saturated rings. The van der Waals surface area contributed by atoms with Crippen LogP contribution in [0.1, 0.15) is 10.4 Å². The number of rotatable bonds is 2. The maximum Gasteiger partial charge on any atom is 0.248 e. The fourth-order valence-corrected chi connectivity index (χ4v) is 1.34. The SMILES string of the molecule is NC(=O)c1ccc(-c2ccnc(N)n2)cc1. The topological polar surface area (TPSA) is 94.9 Å². The number of benzene rings is 1. The van der Waals surface area contributed by atoms with E-state index in [0.717, 1.165) is 5.56 Å². The Labute approximate surface area is 92.1 Å². The van der Waals surface area contributed by atoms with Crippen molar-refractivity contribution in [2.24, 2.45) is 5.73 Å². The van der Waals surface area contributed by atoms with E-state index >= 15 is 0 Å². The van der Waals surface area contributed by atoms with Crippen molar-refractivity contribution in [3.8, 4) is 11.3 Å². The van der Waals surface area contributed by atoms with Gasteiger partial charge in [-0.15, -0.1) is 0 Å². The number of nitrogens with zero attached hydrogens (tertiary/aromatic N) is 2. The van der Waals surface area contributed by atoms with Gasteiger partial charge in [-0.25, -0.2) is 9.97 Å². The van der Waals surface area contributed by atoms with Crippen LogP contribution >= 0.6 is 0 Å². The molecule has 0 unspecified atom stereocenters. The molecule has 5 heteroatoms.